The van der Waals surface area contributed by atoms with Crippen LogP contribution in [0, 0.1) is 0 Å². The van der Waals surface area contributed by atoms with Crippen molar-refractivity contribution in [3.8, 4) is 0 Å². The molecule has 0 aliphatic carbocycles. The standard InChI is InChI=1S/C13H11F3N2O2/c14-13(15,16)8-18(7-11(19)20)12-10-4-2-1-3-9(10)5-6-17-12/h1-6H,7-8H2,(H,19,20). The topological polar surface area (TPSA) is 53.4 Å². The van der Waals surface area contributed by atoms with Crippen molar-refractivity contribution in [3.63, 3.8) is 0 Å². The number of halogens is 3. The van der Waals surface area contributed by atoms with Gasteiger partial charge in [0.25, 0.3) is 0 Å². The molecule has 0 aliphatic rings. The van der Waals surface area contributed by atoms with E-state index >= 15 is 0 Å². The van der Waals surface area contributed by atoms with Crippen LogP contribution in [0.15, 0.2) is 36.5 Å². The second-order valence-electron chi connectivity index (χ2n) is 4.22. The molecule has 1 aromatic carbocycles. The van der Waals surface area contributed by atoms with Crippen LogP contribution in [-0.2, 0) is 4.79 Å². The molecule has 0 spiro atoms. The van der Waals surface area contributed by atoms with Gasteiger partial charge in [0.1, 0.15) is 18.9 Å². The Morgan fingerprint density at radius 3 is 2.60 bits per heavy atom. The second kappa shape index (κ2) is 5.36. The van der Waals surface area contributed by atoms with Crippen LogP contribution in [0.3, 0.4) is 0 Å². The summed E-state index contributed by atoms with van der Waals surface area (Å²) in [5, 5.41) is 9.97. The average molecular weight is 284 g/mol. The summed E-state index contributed by atoms with van der Waals surface area (Å²) >= 11 is 0. The van der Waals surface area contributed by atoms with Crippen LogP contribution in [0.5, 0.6) is 0 Å². The lowest BCUT2D eigenvalue weighted by molar-refractivity contribution is -0.136. The van der Waals surface area contributed by atoms with Crippen LogP contribution in [-0.4, -0.2) is 35.3 Å². The summed E-state index contributed by atoms with van der Waals surface area (Å²) in [4.78, 5) is 15.4. The molecule has 2 aromatic rings. The zero-order valence-corrected chi connectivity index (χ0v) is 10.3. The molecule has 1 aromatic heterocycles. The number of aliphatic carboxylic acids is 1. The highest BCUT2D eigenvalue weighted by molar-refractivity contribution is 5.93. The average Bonchev–Trinajstić information content (AvgIpc) is 2.35. The third-order valence-electron chi connectivity index (χ3n) is 2.65. The lowest BCUT2D eigenvalue weighted by Gasteiger charge is -2.24. The first-order chi connectivity index (χ1) is 9.37. The van der Waals surface area contributed by atoms with E-state index in [4.69, 9.17) is 5.11 Å². The van der Waals surface area contributed by atoms with Gasteiger partial charge < -0.3 is 10.0 Å². The van der Waals surface area contributed by atoms with E-state index < -0.39 is 25.2 Å². The Morgan fingerprint density at radius 2 is 1.95 bits per heavy atom. The van der Waals surface area contributed by atoms with Gasteiger partial charge >= 0.3 is 12.1 Å². The van der Waals surface area contributed by atoms with Crippen LogP contribution in [0.1, 0.15) is 0 Å². The number of hydrogen-bond donors (Lipinski definition) is 1. The molecule has 0 saturated heterocycles. The number of fused-ring (bicyclic) bond motifs is 1. The van der Waals surface area contributed by atoms with E-state index in [1.54, 1.807) is 30.3 Å². The maximum absolute atomic E-state index is 12.6. The first kappa shape index (κ1) is 14.1. The maximum atomic E-state index is 12.6. The highest BCUT2D eigenvalue weighted by atomic mass is 19.4. The Labute approximate surface area is 112 Å². The zero-order chi connectivity index (χ0) is 14.8. The molecule has 7 heteroatoms. The molecule has 0 radical (unpaired) electrons. The fourth-order valence-corrected chi connectivity index (χ4v) is 1.94. The van der Waals surface area contributed by atoms with Gasteiger partial charge in [-0.25, -0.2) is 4.98 Å². The molecule has 0 atom stereocenters. The monoisotopic (exact) mass is 284 g/mol. The molecule has 2 rings (SSSR count). The first-order valence-corrected chi connectivity index (χ1v) is 5.74. The van der Waals surface area contributed by atoms with E-state index in [0.29, 0.717) is 15.7 Å². The normalized spacial score (nSPS) is 11.6. The van der Waals surface area contributed by atoms with Crippen molar-refractivity contribution in [2.24, 2.45) is 0 Å². The van der Waals surface area contributed by atoms with Gasteiger partial charge in [0.05, 0.1) is 0 Å². The highest BCUT2D eigenvalue weighted by Crippen LogP contribution is 2.27. The van der Waals surface area contributed by atoms with E-state index in [1.165, 1.54) is 6.20 Å². The van der Waals surface area contributed by atoms with Crippen molar-refractivity contribution >= 4 is 22.6 Å². The zero-order valence-electron chi connectivity index (χ0n) is 10.3. The molecule has 4 nitrogen and oxygen atoms in total. The third-order valence-corrected chi connectivity index (χ3v) is 2.65. The van der Waals surface area contributed by atoms with Gasteiger partial charge in [-0.05, 0) is 11.5 Å². The summed E-state index contributed by atoms with van der Waals surface area (Å²) in [5.41, 5.74) is 0. The van der Waals surface area contributed by atoms with Crippen molar-refractivity contribution in [1.82, 2.24) is 4.98 Å². The van der Waals surface area contributed by atoms with Crippen LogP contribution >= 0.6 is 0 Å². The summed E-state index contributed by atoms with van der Waals surface area (Å²) in [7, 11) is 0. The minimum absolute atomic E-state index is 0.0165. The quantitative estimate of drug-likeness (QED) is 0.938. The predicted molar refractivity (Wildman–Crippen MR) is 67.6 cm³/mol. The highest BCUT2D eigenvalue weighted by Gasteiger charge is 2.32. The summed E-state index contributed by atoms with van der Waals surface area (Å²) in [6.07, 6.45) is -3.14. The lowest BCUT2D eigenvalue weighted by atomic mass is 10.1. The van der Waals surface area contributed by atoms with E-state index in [-0.39, 0.29) is 5.82 Å². The number of pyridine rings is 1. The van der Waals surface area contributed by atoms with E-state index in [2.05, 4.69) is 4.98 Å². The Hall–Kier alpha value is -2.31. The third kappa shape index (κ3) is 3.37. The van der Waals surface area contributed by atoms with Crippen LogP contribution in [0.4, 0.5) is 19.0 Å². The van der Waals surface area contributed by atoms with Crippen molar-refractivity contribution in [1.29, 1.82) is 0 Å². The summed E-state index contributed by atoms with van der Waals surface area (Å²) in [6.45, 7) is -2.12. The maximum Gasteiger partial charge on any atom is 0.405 e. The minimum atomic E-state index is -4.51. The smallest absolute Gasteiger partial charge is 0.405 e. The fourth-order valence-electron chi connectivity index (χ4n) is 1.94. The number of alkyl halides is 3. The van der Waals surface area contributed by atoms with Gasteiger partial charge in [-0.2, -0.15) is 13.2 Å². The van der Waals surface area contributed by atoms with Gasteiger partial charge in [-0.3, -0.25) is 4.79 Å². The molecule has 0 fully saturated rings. The van der Waals surface area contributed by atoms with Crippen molar-refractivity contribution in [3.05, 3.63) is 36.5 Å². The number of carbonyl (C=O) groups is 1. The molecule has 1 N–H and O–H groups in total. The number of carboxylic acid groups (broad SMARTS) is 1. The molecule has 106 valence electrons. The van der Waals surface area contributed by atoms with Crippen LogP contribution < -0.4 is 4.90 Å². The molecule has 0 aliphatic heterocycles. The lowest BCUT2D eigenvalue weighted by Crippen LogP contribution is -2.38. The van der Waals surface area contributed by atoms with E-state index in [1.807, 2.05) is 0 Å². The Balaban J connectivity index is 2.47. The fraction of sp³-hybridized carbons (Fsp3) is 0.231. The predicted octanol–water partition coefficient (Wildman–Crippen LogP) is 2.69. The molecule has 0 saturated carbocycles. The van der Waals surface area contributed by atoms with Crippen molar-refractivity contribution < 1.29 is 23.1 Å². The van der Waals surface area contributed by atoms with Crippen LogP contribution in [0.25, 0.3) is 10.8 Å². The molecule has 20 heavy (non-hydrogen) atoms. The number of nitrogens with zero attached hydrogens (tertiary/aromatic N) is 2. The van der Waals surface area contributed by atoms with Gasteiger partial charge in [0.15, 0.2) is 0 Å². The Bertz CT molecular complexity index is 623. The number of hydrogen-bond acceptors (Lipinski definition) is 3. The Kier molecular flexibility index (Phi) is 3.78. The van der Waals surface area contributed by atoms with Gasteiger partial charge in [0.2, 0.25) is 0 Å². The number of aromatic nitrogens is 1. The summed E-state index contributed by atoms with van der Waals surface area (Å²) in [5.74, 6) is -1.33. The first-order valence-electron chi connectivity index (χ1n) is 5.74. The van der Waals surface area contributed by atoms with Gasteiger partial charge in [-0.1, -0.05) is 24.3 Å². The number of carboxylic acids is 1. The number of rotatable bonds is 4. The molecule has 0 unspecified atom stereocenters. The largest absolute Gasteiger partial charge is 0.480 e. The minimum Gasteiger partial charge on any atom is -0.480 e. The van der Waals surface area contributed by atoms with Crippen molar-refractivity contribution in [2.45, 2.75) is 6.18 Å². The van der Waals surface area contributed by atoms with E-state index in [9.17, 15) is 18.0 Å². The molecule has 1 heterocycles. The molecule has 0 bridgehead atoms. The Morgan fingerprint density at radius 1 is 1.25 bits per heavy atom. The molecular formula is C13H11F3N2O2. The summed E-state index contributed by atoms with van der Waals surface area (Å²) in [6, 6.07) is 8.42. The summed E-state index contributed by atoms with van der Waals surface area (Å²) < 4.78 is 37.7. The number of benzene rings is 1. The SMILES string of the molecule is O=C(O)CN(CC(F)(F)F)c1nccc2ccccc12. The van der Waals surface area contributed by atoms with Crippen LogP contribution in [0.2, 0.25) is 0 Å². The molecular weight excluding hydrogens is 273 g/mol. The van der Waals surface area contributed by atoms with Gasteiger partial charge in [0, 0.05) is 11.6 Å². The number of anilines is 1. The van der Waals surface area contributed by atoms with E-state index in [0.717, 1.165) is 0 Å². The molecule has 0 amide bonds. The van der Waals surface area contributed by atoms with Crippen molar-refractivity contribution in [2.75, 3.05) is 18.0 Å². The second-order valence-corrected chi connectivity index (χ2v) is 4.22. The van der Waals surface area contributed by atoms with Gasteiger partial charge in [-0.15, -0.1) is 0 Å².